The zero-order chi connectivity index (χ0) is 17.2. The van der Waals surface area contributed by atoms with Crippen molar-refractivity contribution in [2.75, 3.05) is 5.73 Å². The number of fused-ring (bicyclic) bond motifs is 1. The molecule has 0 saturated carbocycles. The SMILES string of the molecule is Cc1cc(Sc2ccc(N)cc2)[n+](-c2ccccc2)c2ccccc12. The number of para-hydroxylation sites is 2. The molecule has 1 aromatic heterocycles. The monoisotopic (exact) mass is 343 g/mol. The van der Waals surface area contributed by atoms with Gasteiger partial charge in [0.05, 0.1) is 0 Å². The molecule has 0 aliphatic heterocycles. The molecule has 0 amide bonds. The zero-order valence-corrected chi connectivity index (χ0v) is 14.8. The van der Waals surface area contributed by atoms with Crippen LogP contribution < -0.4 is 10.3 Å². The lowest BCUT2D eigenvalue weighted by Gasteiger charge is -2.09. The van der Waals surface area contributed by atoms with Crippen LogP contribution in [0.4, 0.5) is 5.69 Å². The molecule has 0 atom stereocenters. The normalized spacial score (nSPS) is 10.9. The maximum Gasteiger partial charge on any atom is 0.251 e. The van der Waals surface area contributed by atoms with Gasteiger partial charge in [0.1, 0.15) is 0 Å². The van der Waals surface area contributed by atoms with Crippen molar-refractivity contribution >= 4 is 28.4 Å². The molecule has 4 rings (SSSR count). The van der Waals surface area contributed by atoms with E-state index in [1.165, 1.54) is 26.4 Å². The minimum atomic E-state index is 0.787. The highest BCUT2D eigenvalue weighted by Gasteiger charge is 2.21. The molecular weight excluding hydrogens is 324 g/mol. The number of nitrogens with zero attached hydrogens (tertiary/aromatic N) is 1. The summed E-state index contributed by atoms with van der Waals surface area (Å²) in [7, 11) is 0. The van der Waals surface area contributed by atoms with Gasteiger partial charge >= 0.3 is 0 Å². The van der Waals surface area contributed by atoms with E-state index in [1.807, 2.05) is 18.2 Å². The van der Waals surface area contributed by atoms with Gasteiger partial charge < -0.3 is 5.73 Å². The molecule has 4 aromatic rings. The Morgan fingerprint density at radius 1 is 0.800 bits per heavy atom. The predicted molar refractivity (Wildman–Crippen MR) is 105 cm³/mol. The number of aromatic nitrogens is 1. The molecule has 0 aliphatic carbocycles. The number of rotatable bonds is 3. The molecule has 1 heterocycles. The van der Waals surface area contributed by atoms with Gasteiger partial charge in [0.25, 0.3) is 5.03 Å². The third-order valence-corrected chi connectivity index (χ3v) is 5.26. The van der Waals surface area contributed by atoms with Crippen LogP contribution in [0.5, 0.6) is 0 Å². The van der Waals surface area contributed by atoms with Crippen LogP contribution in [0.25, 0.3) is 16.6 Å². The Kier molecular flexibility index (Phi) is 4.16. The van der Waals surface area contributed by atoms with Crippen molar-refractivity contribution in [3.8, 4) is 5.69 Å². The Hall–Kier alpha value is -2.78. The van der Waals surface area contributed by atoms with E-state index in [0.29, 0.717) is 0 Å². The smallest absolute Gasteiger partial charge is 0.251 e. The molecule has 0 aliphatic rings. The van der Waals surface area contributed by atoms with Gasteiger partial charge in [-0.3, -0.25) is 0 Å². The molecule has 0 radical (unpaired) electrons. The van der Waals surface area contributed by atoms with E-state index in [-0.39, 0.29) is 0 Å². The van der Waals surface area contributed by atoms with Gasteiger partial charge in [-0.2, -0.15) is 0 Å². The summed E-state index contributed by atoms with van der Waals surface area (Å²) in [5.74, 6) is 0. The highest BCUT2D eigenvalue weighted by Crippen LogP contribution is 2.30. The molecule has 2 nitrogen and oxygen atoms in total. The zero-order valence-electron chi connectivity index (χ0n) is 14.0. The van der Waals surface area contributed by atoms with Gasteiger partial charge in [-0.25, -0.2) is 0 Å². The molecule has 0 bridgehead atoms. The predicted octanol–water partition coefficient (Wildman–Crippen LogP) is 5.16. The van der Waals surface area contributed by atoms with Crippen molar-refractivity contribution in [2.24, 2.45) is 0 Å². The van der Waals surface area contributed by atoms with Crippen LogP contribution in [-0.4, -0.2) is 0 Å². The Bertz CT molecular complexity index is 1030. The standard InChI is InChI=1S/C22H19N2S/c1-16-15-22(25-19-13-11-17(23)12-14-19)24(18-7-3-2-4-8-18)21-10-6-5-9-20(16)21/h2-15H,23H2,1H3/q+1. The number of aryl methyl sites for hydroxylation is 1. The number of nitrogen functional groups attached to an aromatic ring is 1. The van der Waals surface area contributed by atoms with Crippen molar-refractivity contribution in [3.63, 3.8) is 0 Å². The van der Waals surface area contributed by atoms with Crippen LogP contribution in [0.15, 0.2) is 94.9 Å². The first-order valence-electron chi connectivity index (χ1n) is 8.25. The average Bonchev–Trinajstić information content (AvgIpc) is 2.65. The van der Waals surface area contributed by atoms with E-state index in [9.17, 15) is 0 Å². The van der Waals surface area contributed by atoms with Crippen molar-refractivity contribution in [3.05, 3.63) is 90.5 Å². The first-order chi connectivity index (χ1) is 12.2. The summed E-state index contributed by atoms with van der Waals surface area (Å²) in [6, 6.07) is 29.4. The third kappa shape index (κ3) is 3.11. The fourth-order valence-electron chi connectivity index (χ4n) is 3.02. The van der Waals surface area contributed by atoms with Crippen molar-refractivity contribution in [1.82, 2.24) is 0 Å². The second-order valence-corrected chi connectivity index (χ2v) is 7.12. The topological polar surface area (TPSA) is 29.9 Å². The number of hydrogen-bond acceptors (Lipinski definition) is 2. The largest absolute Gasteiger partial charge is 0.399 e. The van der Waals surface area contributed by atoms with Gasteiger partial charge in [0.15, 0.2) is 0 Å². The van der Waals surface area contributed by atoms with Crippen molar-refractivity contribution in [1.29, 1.82) is 0 Å². The number of nitrogens with two attached hydrogens (primary N) is 1. The van der Waals surface area contributed by atoms with Crippen LogP contribution in [0, 0.1) is 6.92 Å². The second-order valence-electron chi connectivity index (χ2n) is 6.02. The van der Waals surface area contributed by atoms with Crippen LogP contribution in [-0.2, 0) is 0 Å². The summed E-state index contributed by atoms with van der Waals surface area (Å²) < 4.78 is 2.32. The Morgan fingerprint density at radius 3 is 2.24 bits per heavy atom. The quantitative estimate of drug-likeness (QED) is 0.411. The molecule has 122 valence electrons. The maximum absolute atomic E-state index is 5.83. The van der Waals surface area contributed by atoms with Gasteiger partial charge in [-0.05, 0) is 54.6 Å². The maximum atomic E-state index is 5.83. The molecule has 25 heavy (non-hydrogen) atoms. The van der Waals surface area contributed by atoms with Crippen molar-refractivity contribution < 1.29 is 4.57 Å². The lowest BCUT2D eigenvalue weighted by molar-refractivity contribution is -0.608. The summed E-state index contributed by atoms with van der Waals surface area (Å²) in [6.07, 6.45) is 0. The summed E-state index contributed by atoms with van der Waals surface area (Å²) in [4.78, 5) is 1.17. The lowest BCUT2D eigenvalue weighted by atomic mass is 10.1. The lowest BCUT2D eigenvalue weighted by Crippen LogP contribution is -2.34. The highest BCUT2D eigenvalue weighted by atomic mass is 32.2. The summed E-state index contributed by atoms with van der Waals surface area (Å²) in [5, 5.41) is 2.46. The molecule has 2 N–H and O–H groups in total. The fourth-order valence-corrected chi connectivity index (χ4v) is 4.07. The fraction of sp³-hybridized carbons (Fsp3) is 0.0455. The van der Waals surface area contributed by atoms with Gasteiger partial charge in [0.2, 0.25) is 11.2 Å². The van der Waals surface area contributed by atoms with E-state index in [2.05, 4.69) is 78.2 Å². The number of hydrogen-bond donors (Lipinski definition) is 1. The number of pyridine rings is 1. The molecule has 0 saturated heterocycles. The van der Waals surface area contributed by atoms with Gasteiger partial charge in [0, 0.05) is 40.2 Å². The first-order valence-corrected chi connectivity index (χ1v) is 9.07. The molecule has 3 heteroatoms. The minimum absolute atomic E-state index is 0.787. The van der Waals surface area contributed by atoms with E-state index >= 15 is 0 Å². The third-order valence-electron chi connectivity index (χ3n) is 4.25. The van der Waals surface area contributed by atoms with Crippen LogP contribution >= 0.6 is 11.8 Å². The molecule has 3 aromatic carbocycles. The minimum Gasteiger partial charge on any atom is -0.399 e. The Labute approximate surface area is 151 Å². The summed E-state index contributed by atoms with van der Waals surface area (Å²) in [5.41, 5.74) is 10.3. The van der Waals surface area contributed by atoms with E-state index in [0.717, 1.165) is 11.4 Å². The first kappa shape index (κ1) is 15.7. The van der Waals surface area contributed by atoms with Crippen LogP contribution in [0.1, 0.15) is 5.56 Å². The average molecular weight is 343 g/mol. The summed E-state index contributed by atoms with van der Waals surface area (Å²) in [6.45, 7) is 2.17. The van der Waals surface area contributed by atoms with Crippen molar-refractivity contribution in [2.45, 2.75) is 16.8 Å². The Balaban J connectivity index is 1.95. The van der Waals surface area contributed by atoms with Crippen LogP contribution in [0.3, 0.4) is 0 Å². The van der Waals surface area contributed by atoms with Gasteiger partial charge in [-0.15, -0.1) is 4.57 Å². The van der Waals surface area contributed by atoms with Crippen LogP contribution in [0.2, 0.25) is 0 Å². The van der Waals surface area contributed by atoms with E-state index < -0.39 is 0 Å². The highest BCUT2D eigenvalue weighted by molar-refractivity contribution is 7.99. The molecule has 0 unspecified atom stereocenters. The van der Waals surface area contributed by atoms with E-state index in [4.69, 9.17) is 5.73 Å². The molecular formula is C22H19N2S+. The second kappa shape index (κ2) is 6.61. The number of benzene rings is 3. The number of anilines is 1. The summed E-state index contributed by atoms with van der Waals surface area (Å²) >= 11 is 1.75. The Morgan fingerprint density at radius 2 is 1.48 bits per heavy atom. The molecule has 0 fully saturated rings. The van der Waals surface area contributed by atoms with E-state index in [1.54, 1.807) is 11.8 Å². The van der Waals surface area contributed by atoms with Gasteiger partial charge in [-0.1, -0.05) is 30.3 Å². The molecule has 0 spiro atoms.